The number of carbonyl (C=O) groups excluding carboxylic acids is 1. The van der Waals surface area contributed by atoms with Crippen LogP contribution in [0, 0.1) is 0 Å². The Balaban J connectivity index is 1.55. The molecule has 1 amide bonds. The SMILES string of the molecule is CCCc1ccc(C(=O)NCCn2nc(C3CC3)ccc2=O)cc1. The molecule has 0 atom stereocenters. The number of hydrogen-bond donors (Lipinski definition) is 1. The van der Waals surface area contributed by atoms with Gasteiger partial charge in [-0.1, -0.05) is 25.5 Å². The lowest BCUT2D eigenvalue weighted by Gasteiger charge is -2.08. The summed E-state index contributed by atoms with van der Waals surface area (Å²) in [6.45, 7) is 2.91. The van der Waals surface area contributed by atoms with Crippen molar-refractivity contribution in [1.29, 1.82) is 0 Å². The van der Waals surface area contributed by atoms with Crippen molar-refractivity contribution in [3.63, 3.8) is 0 Å². The molecule has 1 aromatic carbocycles. The molecule has 2 aromatic rings. The molecule has 1 fully saturated rings. The van der Waals surface area contributed by atoms with Crippen LogP contribution in [0.25, 0.3) is 0 Å². The van der Waals surface area contributed by atoms with E-state index < -0.39 is 0 Å². The number of aryl methyl sites for hydroxylation is 1. The van der Waals surface area contributed by atoms with Crippen LogP contribution in [-0.2, 0) is 13.0 Å². The average Bonchev–Trinajstić information content (AvgIpc) is 3.42. The Bertz CT molecular complexity index is 761. The summed E-state index contributed by atoms with van der Waals surface area (Å²) in [5.41, 5.74) is 2.73. The number of hydrogen-bond acceptors (Lipinski definition) is 3. The van der Waals surface area contributed by atoms with E-state index in [-0.39, 0.29) is 11.5 Å². The number of rotatable bonds is 7. The van der Waals surface area contributed by atoms with E-state index in [1.54, 1.807) is 6.07 Å². The summed E-state index contributed by atoms with van der Waals surface area (Å²) in [7, 11) is 0. The summed E-state index contributed by atoms with van der Waals surface area (Å²) in [4.78, 5) is 24.0. The second-order valence-corrected chi connectivity index (χ2v) is 6.30. The van der Waals surface area contributed by atoms with Gasteiger partial charge in [0.05, 0.1) is 12.2 Å². The van der Waals surface area contributed by atoms with Crippen molar-refractivity contribution in [3.05, 3.63) is 63.6 Å². The van der Waals surface area contributed by atoms with Crippen LogP contribution in [0.4, 0.5) is 0 Å². The standard InChI is InChI=1S/C19H23N3O2/c1-2-3-14-4-6-16(7-5-14)19(24)20-12-13-22-18(23)11-10-17(21-22)15-8-9-15/h4-7,10-11,15H,2-3,8-9,12-13H2,1H3,(H,20,24). The largest absolute Gasteiger partial charge is 0.350 e. The van der Waals surface area contributed by atoms with Crippen molar-refractivity contribution in [2.75, 3.05) is 6.54 Å². The van der Waals surface area contributed by atoms with Gasteiger partial charge in [-0.25, -0.2) is 4.68 Å². The molecule has 1 aliphatic rings. The van der Waals surface area contributed by atoms with E-state index in [1.807, 2.05) is 30.3 Å². The molecule has 1 saturated carbocycles. The summed E-state index contributed by atoms with van der Waals surface area (Å²) in [5, 5.41) is 7.24. The highest BCUT2D eigenvalue weighted by Gasteiger charge is 2.25. The van der Waals surface area contributed by atoms with E-state index in [4.69, 9.17) is 0 Å². The van der Waals surface area contributed by atoms with Crippen LogP contribution in [0.2, 0.25) is 0 Å². The lowest BCUT2D eigenvalue weighted by molar-refractivity contribution is 0.0951. The molecule has 5 heteroatoms. The fourth-order valence-electron chi connectivity index (χ4n) is 2.71. The Labute approximate surface area is 141 Å². The highest BCUT2D eigenvalue weighted by molar-refractivity contribution is 5.94. The molecular weight excluding hydrogens is 302 g/mol. The molecule has 0 radical (unpaired) electrons. The molecule has 1 heterocycles. The van der Waals surface area contributed by atoms with Crippen LogP contribution < -0.4 is 10.9 Å². The Kier molecular flexibility index (Phi) is 5.08. The van der Waals surface area contributed by atoms with Crippen LogP contribution in [0.5, 0.6) is 0 Å². The van der Waals surface area contributed by atoms with Crippen LogP contribution >= 0.6 is 0 Å². The van der Waals surface area contributed by atoms with Gasteiger partial charge in [0, 0.05) is 24.1 Å². The van der Waals surface area contributed by atoms with Crippen molar-refractivity contribution < 1.29 is 4.79 Å². The minimum absolute atomic E-state index is 0.121. The monoisotopic (exact) mass is 325 g/mol. The third-order valence-corrected chi connectivity index (χ3v) is 4.25. The van der Waals surface area contributed by atoms with Crippen molar-refractivity contribution in [2.24, 2.45) is 0 Å². The van der Waals surface area contributed by atoms with Crippen LogP contribution in [0.3, 0.4) is 0 Å². The Morgan fingerprint density at radius 3 is 2.62 bits per heavy atom. The van der Waals surface area contributed by atoms with E-state index >= 15 is 0 Å². The van der Waals surface area contributed by atoms with Gasteiger partial charge in [0.15, 0.2) is 0 Å². The molecule has 5 nitrogen and oxygen atoms in total. The first-order chi connectivity index (χ1) is 11.7. The molecule has 0 spiro atoms. The Morgan fingerprint density at radius 2 is 1.96 bits per heavy atom. The highest BCUT2D eigenvalue weighted by atomic mass is 16.1. The number of aromatic nitrogens is 2. The fourth-order valence-corrected chi connectivity index (χ4v) is 2.71. The maximum absolute atomic E-state index is 12.2. The van der Waals surface area contributed by atoms with Gasteiger partial charge in [0.2, 0.25) is 0 Å². The number of carbonyl (C=O) groups is 1. The second kappa shape index (κ2) is 7.43. The average molecular weight is 325 g/mol. The molecule has 1 aromatic heterocycles. The van der Waals surface area contributed by atoms with Gasteiger partial charge in [-0.05, 0) is 43.0 Å². The third-order valence-electron chi connectivity index (χ3n) is 4.25. The van der Waals surface area contributed by atoms with Gasteiger partial charge in [0.1, 0.15) is 0 Å². The van der Waals surface area contributed by atoms with Gasteiger partial charge < -0.3 is 5.32 Å². The molecule has 0 saturated heterocycles. The molecule has 1 aliphatic carbocycles. The van der Waals surface area contributed by atoms with E-state index in [9.17, 15) is 9.59 Å². The summed E-state index contributed by atoms with van der Waals surface area (Å²) in [6.07, 6.45) is 4.41. The van der Waals surface area contributed by atoms with Crippen molar-refractivity contribution >= 4 is 5.91 Å². The zero-order chi connectivity index (χ0) is 16.9. The normalized spacial score (nSPS) is 13.7. The predicted molar refractivity (Wildman–Crippen MR) is 93.2 cm³/mol. The van der Waals surface area contributed by atoms with E-state index in [0.717, 1.165) is 31.4 Å². The lowest BCUT2D eigenvalue weighted by atomic mass is 10.1. The van der Waals surface area contributed by atoms with Crippen molar-refractivity contribution in [3.8, 4) is 0 Å². The topological polar surface area (TPSA) is 64.0 Å². The Morgan fingerprint density at radius 1 is 1.21 bits per heavy atom. The van der Waals surface area contributed by atoms with Gasteiger partial charge in [0.25, 0.3) is 11.5 Å². The van der Waals surface area contributed by atoms with Crippen LogP contribution in [0.1, 0.15) is 53.7 Å². The maximum atomic E-state index is 12.2. The fraction of sp³-hybridized carbons (Fsp3) is 0.421. The highest BCUT2D eigenvalue weighted by Crippen LogP contribution is 2.38. The molecule has 0 bridgehead atoms. The summed E-state index contributed by atoms with van der Waals surface area (Å²) in [5.74, 6) is 0.387. The zero-order valence-corrected chi connectivity index (χ0v) is 14.0. The Hall–Kier alpha value is -2.43. The van der Waals surface area contributed by atoms with Gasteiger partial charge in [-0.2, -0.15) is 5.10 Å². The third kappa shape index (κ3) is 4.10. The summed E-state index contributed by atoms with van der Waals surface area (Å²) in [6, 6.07) is 11.0. The molecule has 0 unspecified atom stereocenters. The first-order valence-corrected chi connectivity index (χ1v) is 8.62. The van der Waals surface area contributed by atoms with Crippen molar-refractivity contribution in [1.82, 2.24) is 15.1 Å². The first kappa shape index (κ1) is 16.4. The minimum atomic E-state index is -0.127. The van der Waals surface area contributed by atoms with Crippen LogP contribution in [0.15, 0.2) is 41.2 Å². The van der Waals surface area contributed by atoms with Gasteiger partial charge in [-0.3, -0.25) is 9.59 Å². The molecule has 24 heavy (non-hydrogen) atoms. The van der Waals surface area contributed by atoms with Gasteiger partial charge >= 0.3 is 0 Å². The van der Waals surface area contributed by atoms with Crippen LogP contribution in [-0.4, -0.2) is 22.2 Å². The van der Waals surface area contributed by atoms with E-state index in [0.29, 0.717) is 24.6 Å². The van der Waals surface area contributed by atoms with E-state index in [1.165, 1.54) is 10.2 Å². The van der Waals surface area contributed by atoms with Gasteiger partial charge in [-0.15, -0.1) is 0 Å². The smallest absolute Gasteiger partial charge is 0.266 e. The lowest BCUT2D eigenvalue weighted by Crippen LogP contribution is -2.32. The summed E-state index contributed by atoms with van der Waals surface area (Å²) < 4.78 is 1.44. The minimum Gasteiger partial charge on any atom is -0.350 e. The number of nitrogens with one attached hydrogen (secondary N) is 1. The number of amides is 1. The molecule has 1 N–H and O–H groups in total. The zero-order valence-electron chi connectivity index (χ0n) is 14.0. The quantitative estimate of drug-likeness (QED) is 0.851. The molecule has 126 valence electrons. The number of nitrogens with zero attached hydrogens (tertiary/aromatic N) is 2. The maximum Gasteiger partial charge on any atom is 0.266 e. The van der Waals surface area contributed by atoms with Crippen molar-refractivity contribution in [2.45, 2.75) is 45.1 Å². The molecule has 0 aliphatic heterocycles. The van der Waals surface area contributed by atoms with E-state index in [2.05, 4.69) is 17.3 Å². The molecule has 3 rings (SSSR count). The molecular formula is C19H23N3O2. The first-order valence-electron chi connectivity index (χ1n) is 8.62. The number of benzene rings is 1. The predicted octanol–water partition coefficient (Wildman–Crippen LogP) is 2.50. The summed E-state index contributed by atoms with van der Waals surface area (Å²) >= 11 is 0. The second-order valence-electron chi connectivity index (χ2n) is 6.30.